The number of hydrogen-bond donors (Lipinski definition) is 0. The lowest BCUT2D eigenvalue weighted by Gasteiger charge is -2.06. The molecule has 0 spiro atoms. The van der Waals surface area contributed by atoms with E-state index in [0.717, 1.165) is 17.7 Å². The highest BCUT2D eigenvalue weighted by molar-refractivity contribution is 5.79. The topological polar surface area (TPSA) is 49.6 Å². The van der Waals surface area contributed by atoms with Gasteiger partial charge in [-0.05, 0) is 6.92 Å². The molecule has 0 bridgehead atoms. The highest BCUT2D eigenvalue weighted by Gasteiger charge is 2.13. The van der Waals surface area contributed by atoms with Crippen molar-refractivity contribution in [3.63, 3.8) is 0 Å². The fourth-order valence-electron chi connectivity index (χ4n) is 2.04. The Morgan fingerprint density at radius 2 is 1.52 bits per heavy atom. The van der Waals surface area contributed by atoms with Crippen LogP contribution in [0.5, 0.6) is 0 Å². The third-order valence-electron chi connectivity index (χ3n) is 3.14. The molecule has 0 atom stereocenters. The molecule has 0 amide bonds. The minimum atomic E-state index is -1.01. The van der Waals surface area contributed by atoms with Crippen LogP contribution < -0.4 is 0 Å². The standard InChI is InChI=1S/C16H9F2N3/c1-9-2-4-10(5-3-9)16-15(8-19)20-13-6-11(17)12(18)7-14(13)21-16/h2-7H,1H3. The number of halogens is 2. The van der Waals surface area contributed by atoms with E-state index in [-0.39, 0.29) is 16.7 Å². The van der Waals surface area contributed by atoms with Crippen LogP contribution in [0, 0.1) is 29.9 Å². The lowest BCUT2D eigenvalue weighted by atomic mass is 10.1. The molecule has 0 aliphatic rings. The molecule has 0 N–H and O–H groups in total. The molecule has 0 unspecified atom stereocenters. The molecular formula is C16H9F2N3. The van der Waals surface area contributed by atoms with Crippen LogP contribution in [0.1, 0.15) is 11.3 Å². The van der Waals surface area contributed by atoms with E-state index >= 15 is 0 Å². The zero-order valence-electron chi connectivity index (χ0n) is 11.1. The first-order valence-corrected chi connectivity index (χ1v) is 6.22. The fourth-order valence-corrected chi connectivity index (χ4v) is 2.04. The van der Waals surface area contributed by atoms with Gasteiger partial charge in [0, 0.05) is 17.7 Å². The summed E-state index contributed by atoms with van der Waals surface area (Å²) in [5.74, 6) is -2.00. The Balaban J connectivity index is 2.29. The maximum Gasteiger partial charge on any atom is 0.167 e. The first kappa shape index (κ1) is 13.1. The number of fused-ring (bicyclic) bond motifs is 1. The van der Waals surface area contributed by atoms with Gasteiger partial charge in [0.1, 0.15) is 11.8 Å². The third-order valence-corrected chi connectivity index (χ3v) is 3.14. The summed E-state index contributed by atoms with van der Waals surface area (Å²) < 4.78 is 26.5. The van der Waals surface area contributed by atoms with Gasteiger partial charge >= 0.3 is 0 Å². The Morgan fingerprint density at radius 1 is 0.952 bits per heavy atom. The molecule has 0 fully saturated rings. The number of rotatable bonds is 1. The summed E-state index contributed by atoms with van der Waals surface area (Å²) in [6.07, 6.45) is 0. The minimum Gasteiger partial charge on any atom is -0.243 e. The van der Waals surface area contributed by atoms with Gasteiger partial charge in [-0.3, -0.25) is 0 Å². The molecule has 1 aromatic heterocycles. The summed E-state index contributed by atoms with van der Waals surface area (Å²) in [6.45, 7) is 1.94. The Morgan fingerprint density at radius 3 is 2.10 bits per heavy atom. The van der Waals surface area contributed by atoms with Crippen molar-refractivity contribution in [2.24, 2.45) is 0 Å². The van der Waals surface area contributed by atoms with Gasteiger partial charge in [0.2, 0.25) is 0 Å². The van der Waals surface area contributed by atoms with E-state index in [0.29, 0.717) is 11.3 Å². The number of aryl methyl sites for hydroxylation is 1. The predicted molar refractivity (Wildman–Crippen MR) is 74.3 cm³/mol. The second-order valence-electron chi connectivity index (χ2n) is 4.65. The largest absolute Gasteiger partial charge is 0.243 e. The lowest BCUT2D eigenvalue weighted by molar-refractivity contribution is 0.510. The van der Waals surface area contributed by atoms with E-state index in [1.54, 1.807) is 0 Å². The highest BCUT2D eigenvalue weighted by Crippen LogP contribution is 2.24. The van der Waals surface area contributed by atoms with Crippen molar-refractivity contribution >= 4 is 11.0 Å². The highest BCUT2D eigenvalue weighted by atomic mass is 19.2. The normalized spacial score (nSPS) is 10.6. The second-order valence-corrected chi connectivity index (χ2v) is 4.65. The van der Waals surface area contributed by atoms with Crippen molar-refractivity contribution < 1.29 is 8.78 Å². The zero-order chi connectivity index (χ0) is 15.0. The number of hydrogen-bond acceptors (Lipinski definition) is 3. The van der Waals surface area contributed by atoms with Crippen molar-refractivity contribution in [2.45, 2.75) is 6.92 Å². The van der Waals surface area contributed by atoms with Gasteiger partial charge in [-0.15, -0.1) is 0 Å². The second kappa shape index (κ2) is 4.91. The van der Waals surface area contributed by atoms with Crippen LogP contribution in [0.4, 0.5) is 8.78 Å². The first-order valence-electron chi connectivity index (χ1n) is 6.22. The molecule has 21 heavy (non-hydrogen) atoms. The molecule has 1 heterocycles. The predicted octanol–water partition coefficient (Wildman–Crippen LogP) is 3.76. The van der Waals surface area contributed by atoms with Crippen LogP contribution in [-0.4, -0.2) is 9.97 Å². The summed E-state index contributed by atoms with van der Waals surface area (Å²) in [4.78, 5) is 8.32. The number of benzene rings is 2. The summed E-state index contributed by atoms with van der Waals surface area (Å²) in [7, 11) is 0. The molecule has 5 heteroatoms. The average molecular weight is 281 g/mol. The lowest BCUT2D eigenvalue weighted by Crippen LogP contribution is -1.97. The van der Waals surface area contributed by atoms with Crippen molar-refractivity contribution in [3.05, 3.63) is 59.3 Å². The van der Waals surface area contributed by atoms with E-state index in [1.807, 2.05) is 37.3 Å². The Hall–Kier alpha value is -2.87. The average Bonchev–Trinajstić information content (AvgIpc) is 2.48. The Labute approximate surface area is 119 Å². The van der Waals surface area contributed by atoms with E-state index in [9.17, 15) is 14.0 Å². The van der Waals surface area contributed by atoms with Crippen molar-refractivity contribution in [3.8, 4) is 17.3 Å². The van der Waals surface area contributed by atoms with Crippen molar-refractivity contribution in [2.75, 3.05) is 0 Å². The van der Waals surface area contributed by atoms with Crippen LogP contribution in [-0.2, 0) is 0 Å². The van der Waals surface area contributed by atoms with Crippen molar-refractivity contribution in [1.82, 2.24) is 9.97 Å². The maximum atomic E-state index is 13.3. The molecule has 3 aromatic rings. The molecule has 102 valence electrons. The summed E-state index contributed by atoms with van der Waals surface area (Å²) in [5.41, 5.74) is 2.58. The van der Waals surface area contributed by atoms with E-state index < -0.39 is 11.6 Å². The van der Waals surface area contributed by atoms with Gasteiger partial charge in [-0.2, -0.15) is 5.26 Å². The fraction of sp³-hybridized carbons (Fsp3) is 0.0625. The molecule has 0 saturated heterocycles. The summed E-state index contributed by atoms with van der Waals surface area (Å²) in [6, 6.07) is 11.3. The monoisotopic (exact) mass is 281 g/mol. The SMILES string of the molecule is Cc1ccc(-c2nc3cc(F)c(F)cc3nc2C#N)cc1. The van der Waals surface area contributed by atoms with E-state index in [2.05, 4.69) is 9.97 Å². The number of aromatic nitrogens is 2. The van der Waals surface area contributed by atoms with Crippen LogP contribution >= 0.6 is 0 Å². The first-order chi connectivity index (χ1) is 10.1. The molecule has 0 saturated carbocycles. The summed E-state index contributed by atoms with van der Waals surface area (Å²) >= 11 is 0. The molecule has 2 aromatic carbocycles. The quantitative estimate of drug-likeness (QED) is 0.682. The molecule has 3 rings (SSSR count). The van der Waals surface area contributed by atoms with Gasteiger partial charge in [0.05, 0.1) is 11.0 Å². The third kappa shape index (κ3) is 2.32. The van der Waals surface area contributed by atoms with Crippen molar-refractivity contribution in [1.29, 1.82) is 5.26 Å². The van der Waals surface area contributed by atoms with Gasteiger partial charge in [0.25, 0.3) is 0 Å². The van der Waals surface area contributed by atoms with E-state index in [1.165, 1.54) is 0 Å². The number of nitriles is 1. The maximum absolute atomic E-state index is 13.3. The van der Waals surface area contributed by atoms with Crippen LogP contribution in [0.15, 0.2) is 36.4 Å². The Bertz CT molecular complexity index is 881. The van der Waals surface area contributed by atoms with Crippen LogP contribution in [0.25, 0.3) is 22.3 Å². The molecule has 0 aliphatic carbocycles. The molecule has 3 nitrogen and oxygen atoms in total. The van der Waals surface area contributed by atoms with E-state index in [4.69, 9.17) is 0 Å². The van der Waals surface area contributed by atoms with Gasteiger partial charge in [-0.25, -0.2) is 18.7 Å². The molecular weight excluding hydrogens is 272 g/mol. The molecule has 0 radical (unpaired) electrons. The van der Waals surface area contributed by atoms with Gasteiger partial charge in [0.15, 0.2) is 17.3 Å². The minimum absolute atomic E-state index is 0.0809. The zero-order valence-corrected chi connectivity index (χ0v) is 11.1. The summed E-state index contributed by atoms with van der Waals surface area (Å²) in [5, 5.41) is 9.20. The number of nitrogens with zero attached hydrogens (tertiary/aromatic N) is 3. The van der Waals surface area contributed by atoms with Crippen LogP contribution in [0.3, 0.4) is 0 Å². The van der Waals surface area contributed by atoms with Gasteiger partial charge < -0.3 is 0 Å². The molecule has 0 aliphatic heterocycles. The van der Waals surface area contributed by atoms with Crippen LogP contribution in [0.2, 0.25) is 0 Å². The smallest absolute Gasteiger partial charge is 0.167 e. The Kier molecular flexibility index (Phi) is 3.07. The van der Waals surface area contributed by atoms with Gasteiger partial charge in [-0.1, -0.05) is 29.8 Å².